The number of aryl methyl sites for hydroxylation is 2. The molecule has 1 amide bonds. The molecule has 3 aromatic rings. The summed E-state index contributed by atoms with van der Waals surface area (Å²) in [5.74, 6) is -0.370. The Morgan fingerprint density at radius 2 is 2.04 bits per heavy atom. The van der Waals surface area contributed by atoms with Gasteiger partial charge in [0.2, 0.25) is 0 Å². The molecule has 1 N–H and O–H groups in total. The Kier molecular flexibility index (Phi) is 4.95. The van der Waals surface area contributed by atoms with E-state index in [2.05, 4.69) is 20.7 Å². The number of hydrogen-bond donors (Lipinski definition) is 1. The highest BCUT2D eigenvalue weighted by atomic mass is 35.5. The van der Waals surface area contributed by atoms with Crippen molar-refractivity contribution in [3.63, 3.8) is 0 Å². The van der Waals surface area contributed by atoms with E-state index in [1.165, 1.54) is 0 Å². The quantitative estimate of drug-likeness (QED) is 0.563. The molecule has 0 aliphatic carbocycles. The van der Waals surface area contributed by atoms with Crippen LogP contribution in [-0.4, -0.2) is 31.7 Å². The van der Waals surface area contributed by atoms with E-state index >= 15 is 0 Å². The first kappa shape index (κ1) is 16.9. The molecule has 128 valence electrons. The molecule has 0 spiro atoms. The summed E-state index contributed by atoms with van der Waals surface area (Å²) in [5.41, 5.74) is 5.49. The van der Waals surface area contributed by atoms with Gasteiger partial charge in [-0.1, -0.05) is 23.7 Å². The highest BCUT2D eigenvalue weighted by Crippen LogP contribution is 2.10. The molecule has 0 aliphatic rings. The van der Waals surface area contributed by atoms with Crippen LogP contribution in [0.3, 0.4) is 0 Å². The number of nitrogens with one attached hydrogen (secondary N) is 1. The minimum absolute atomic E-state index is 0.298. The van der Waals surface area contributed by atoms with E-state index in [0.29, 0.717) is 17.3 Å². The highest BCUT2D eigenvalue weighted by molar-refractivity contribution is 6.30. The van der Waals surface area contributed by atoms with E-state index in [1.807, 2.05) is 44.3 Å². The molecule has 7 nitrogen and oxygen atoms in total. The molecular weight excluding hydrogens is 340 g/mol. The number of carbonyl (C=O) groups is 1. The number of benzene rings is 1. The maximum Gasteiger partial charge on any atom is 0.291 e. The first-order chi connectivity index (χ1) is 12.0. The number of nitrogens with zero attached hydrogens (tertiary/aromatic N) is 5. The summed E-state index contributed by atoms with van der Waals surface area (Å²) in [5, 5.41) is 13.1. The molecular formula is C17H17ClN6O. The molecule has 0 bridgehead atoms. The van der Waals surface area contributed by atoms with Crippen LogP contribution >= 0.6 is 11.6 Å². The first-order valence-corrected chi connectivity index (χ1v) is 8.01. The number of hydrazone groups is 1. The monoisotopic (exact) mass is 356 g/mol. The topological polar surface area (TPSA) is 77.1 Å². The van der Waals surface area contributed by atoms with Crippen molar-refractivity contribution in [1.29, 1.82) is 0 Å². The zero-order chi connectivity index (χ0) is 17.8. The summed E-state index contributed by atoms with van der Waals surface area (Å²) in [6, 6.07) is 11.0. The lowest BCUT2D eigenvalue weighted by molar-refractivity contribution is 0.0949. The maximum absolute atomic E-state index is 12.1. The van der Waals surface area contributed by atoms with Crippen LogP contribution in [0.5, 0.6) is 0 Å². The van der Waals surface area contributed by atoms with Crippen LogP contribution in [0.1, 0.15) is 27.4 Å². The van der Waals surface area contributed by atoms with Crippen LogP contribution in [-0.2, 0) is 13.6 Å². The maximum atomic E-state index is 12.1. The fourth-order valence-corrected chi connectivity index (χ4v) is 2.44. The van der Waals surface area contributed by atoms with Crippen LogP contribution in [0.4, 0.5) is 0 Å². The predicted molar refractivity (Wildman–Crippen MR) is 95.8 cm³/mol. The Morgan fingerprint density at radius 1 is 1.28 bits per heavy atom. The SMILES string of the molecule is Cc1cc(/C=N/NC(=O)c2ccn(Cc3ccc(Cl)cc3)n2)n(C)n1. The van der Waals surface area contributed by atoms with Crippen molar-refractivity contribution < 1.29 is 4.79 Å². The second kappa shape index (κ2) is 7.31. The number of amides is 1. The molecule has 1 aromatic carbocycles. The highest BCUT2D eigenvalue weighted by Gasteiger charge is 2.09. The van der Waals surface area contributed by atoms with E-state index < -0.39 is 0 Å². The number of aromatic nitrogens is 4. The lowest BCUT2D eigenvalue weighted by Crippen LogP contribution is -2.19. The van der Waals surface area contributed by atoms with Gasteiger partial charge in [0.1, 0.15) is 0 Å². The van der Waals surface area contributed by atoms with Crippen molar-refractivity contribution >= 4 is 23.7 Å². The van der Waals surface area contributed by atoms with Crippen molar-refractivity contribution in [1.82, 2.24) is 25.0 Å². The zero-order valence-electron chi connectivity index (χ0n) is 13.8. The molecule has 3 rings (SSSR count). The van der Waals surface area contributed by atoms with Gasteiger partial charge < -0.3 is 0 Å². The normalized spacial score (nSPS) is 11.2. The fourth-order valence-electron chi connectivity index (χ4n) is 2.31. The predicted octanol–water partition coefficient (Wildman–Crippen LogP) is 2.39. The molecule has 0 unspecified atom stereocenters. The Hall–Kier alpha value is -2.93. The van der Waals surface area contributed by atoms with E-state index in [0.717, 1.165) is 17.0 Å². The molecule has 8 heteroatoms. The second-order valence-corrected chi connectivity index (χ2v) is 5.99. The van der Waals surface area contributed by atoms with E-state index in [4.69, 9.17) is 11.6 Å². The van der Waals surface area contributed by atoms with Crippen LogP contribution in [0.25, 0.3) is 0 Å². The molecule has 25 heavy (non-hydrogen) atoms. The van der Waals surface area contributed by atoms with Gasteiger partial charge in [0, 0.05) is 18.3 Å². The van der Waals surface area contributed by atoms with Crippen LogP contribution in [0, 0.1) is 6.92 Å². The number of halogens is 1. The largest absolute Gasteiger partial charge is 0.291 e. The number of hydrogen-bond acceptors (Lipinski definition) is 4. The first-order valence-electron chi connectivity index (χ1n) is 7.63. The third-order valence-electron chi connectivity index (χ3n) is 3.53. The lowest BCUT2D eigenvalue weighted by Gasteiger charge is -2.02. The summed E-state index contributed by atoms with van der Waals surface area (Å²) in [7, 11) is 1.81. The minimum Gasteiger partial charge on any atom is -0.268 e. The van der Waals surface area contributed by atoms with E-state index in [1.54, 1.807) is 27.8 Å². The number of carbonyl (C=O) groups excluding carboxylic acids is 1. The smallest absolute Gasteiger partial charge is 0.268 e. The second-order valence-electron chi connectivity index (χ2n) is 5.56. The van der Waals surface area contributed by atoms with E-state index in [-0.39, 0.29) is 5.91 Å². The van der Waals surface area contributed by atoms with Gasteiger partial charge in [0.15, 0.2) is 5.69 Å². The van der Waals surface area contributed by atoms with Crippen molar-refractivity contribution in [3.05, 3.63) is 70.3 Å². The lowest BCUT2D eigenvalue weighted by atomic mass is 10.2. The molecule has 2 heterocycles. The molecule has 0 aliphatic heterocycles. The molecule has 2 aromatic heterocycles. The van der Waals surface area contributed by atoms with Gasteiger partial charge in [-0.2, -0.15) is 15.3 Å². The Balaban J connectivity index is 1.60. The Labute approximate surface area is 149 Å². The van der Waals surface area contributed by atoms with Gasteiger partial charge in [-0.25, -0.2) is 5.43 Å². The summed E-state index contributed by atoms with van der Waals surface area (Å²) in [6.07, 6.45) is 3.29. The Morgan fingerprint density at radius 3 is 2.72 bits per heavy atom. The standard InChI is InChI=1S/C17H17ClN6O/c1-12-9-15(23(2)21-12)10-19-20-17(25)16-7-8-24(22-16)11-13-3-5-14(18)6-4-13/h3-10H,11H2,1-2H3,(H,20,25)/b19-10+. The average molecular weight is 357 g/mol. The van der Waals surface area contributed by atoms with E-state index in [9.17, 15) is 4.79 Å². The van der Waals surface area contributed by atoms with Crippen molar-refractivity contribution in [3.8, 4) is 0 Å². The third kappa shape index (κ3) is 4.33. The van der Waals surface area contributed by atoms with Gasteiger partial charge in [-0.3, -0.25) is 14.2 Å². The Bertz CT molecular complexity index is 910. The van der Waals surface area contributed by atoms with Gasteiger partial charge in [0.25, 0.3) is 5.91 Å². The number of rotatable bonds is 5. The average Bonchev–Trinajstić information content (AvgIpc) is 3.16. The van der Waals surface area contributed by atoms with Gasteiger partial charge >= 0.3 is 0 Å². The molecule has 0 radical (unpaired) electrons. The molecule has 0 saturated heterocycles. The van der Waals surface area contributed by atoms with Crippen LogP contribution in [0.2, 0.25) is 5.02 Å². The van der Waals surface area contributed by atoms with Gasteiger partial charge in [0.05, 0.1) is 24.1 Å². The third-order valence-corrected chi connectivity index (χ3v) is 3.78. The fraction of sp³-hybridized carbons (Fsp3) is 0.176. The summed E-state index contributed by atoms with van der Waals surface area (Å²) < 4.78 is 3.37. The van der Waals surface area contributed by atoms with Crippen LogP contribution < -0.4 is 5.43 Å². The van der Waals surface area contributed by atoms with Crippen molar-refractivity contribution in [2.24, 2.45) is 12.1 Å². The van der Waals surface area contributed by atoms with Crippen molar-refractivity contribution in [2.45, 2.75) is 13.5 Å². The van der Waals surface area contributed by atoms with Crippen LogP contribution in [0.15, 0.2) is 47.7 Å². The minimum atomic E-state index is -0.370. The summed E-state index contributed by atoms with van der Waals surface area (Å²) >= 11 is 5.87. The van der Waals surface area contributed by atoms with Gasteiger partial charge in [-0.15, -0.1) is 0 Å². The summed E-state index contributed by atoms with van der Waals surface area (Å²) in [4.78, 5) is 12.1. The van der Waals surface area contributed by atoms with Crippen molar-refractivity contribution in [2.75, 3.05) is 0 Å². The van der Waals surface area contributed by atoms with Gasteiger partial charge in [-0.05, 0) is 36.8 Å². The summed E-state index contributed by atoms with van der Waals surface area (Å²) in [6.45, 7) is 2.45. The molecule has 0 saturated carbocycles. The molecule has 0 fully saturated rings. The molecule has 0 atom stereocenters. The zero-order valence-corrected chi connectivity index (χ0v) is 14.6.